The van der Waals surface area contributed by atoms with Gasteiger partial charge in [-0.1, -0.05) is 0 Å². The first kappa shape index (κ1) is 8.02. The molecule has 2 nitrogen and oxygen atoms in total. The van der Waals surface area contributed by atoms with Crippen molar-refractivity contribution < 1.29 is 9.84 Å². The molecule has 0 radical (unpaired) electrons. The Bertz CT molecular complexity index is 95.4. The van der Waals surface area contributed by atoms with Gasteiger partial charge in [0.05, 0.1) is 12.2 Å². The van der Waals surface area contributed by atoms with Gasteiger partial charge < -0.3 is 9.84 Å². The van der Waals surface area contributed by atoms with Gasteiger partial charge >= 0.3 is 0 Å². The minimum atomic E-state index is -0.0410. The standard InChI is InChI=1S/C8H16O2/c1-6(2)10-5-7-3-8(9)4-7/h6-9H,3-5H2,1-2H3. The number of hydrogen-bond acceptors (Lipinski definition) is 2. The molecule has 1 rings (SSSR count). The zero-order valence-electron chi connectivity index (χ0n) is 6.71. The molecule has 0 aromatic heterocycles. The SMILES string of the molecule is CC(C)OCC1CC(O)C1. The van der Waals surface area contributed by atoms with Crippen LogP contribution < -0.4 is 0 Å². The van der Waals surface area contributed by atoms with Crippen molar-refractivity contribution in [3.8, 4) is 0 Å². The zero-order valence-corrected chi connectivity index (χ0v) is 6.71. The second-order valence-corrected chi connectivity index (χ2v) is 3.37. The van der Waals surface area contributed by atoms with Crippen molar-refractivity contribution in [3.05, 3.63) is 0 Å². The molecule has 0 atom stereocenters. The Morgan fingerprint density at radius 3 is 2.50 bits per heavy atom. The fraction of sp³-hybridized carbons (Fsp3) is 1.00. The lowest BCUT2D eigenvalue weighted by Crippen LogP contribution is -2.32. The Labute approximate surface area is 62.2 Å². The highest BCUT2D eigenvalue weighted by molar-refractivity contribution is 4.78. The molecule has 1 fully saturated rings. The van der Waals surface area contributed by atoms with Crippen molar-refractivity contribution >= 4 is 0 Å². The summed E-state index contributed by atoms with van der Waals surface area (Å²) < 4.78 is 5.38. The number of hydrogen-bond donors (Lipinski definition) is 1. The van der Waals surface area contributed by atoms with E-state index in [1.54, 1.807) is 0 Å². The van der Waals surface area contributed by atoms with Crippen molar-refractivity contribution in [1.29, 1.82) is 0 Å². The fourth-order valence-corrected chi connectivity index (χ4v) is 1.17. The molecular weight excluding hydrogens is 128 g/mol. The molecular formula is C8H16O2. The molecule has 0 bridgehead atoms. The minimum absolute atomic E-state index is 0.0410. The number of aliphatic hydroxyl groups is 1. The Balaban J connectivity index is 1.95. The topological polar surface area (TPSA) is 29.5 Å². The summed E-state index contributed by atoms with van der Waals surface area (Å²) in [6.45, 7) is 4.90. The Morgan fingerprint density at radius 1 is 1.50 bits per heavy atom. The largest absolute Gasteiger partial charge is 0.393 e. The van der Waals surface area contributed by atoms with E-state index in [1.165, 1.54) is 0 Å². The second-order valence-electron chi connectivity index (χ2n) is 3.37. The van der Waals surface area contributed by atoms with Crippen LogP contribution in [-0.4, -0.2) is 23.9 Å². The predicted octanol–water partition coefficient (Wildman–Crippen LogP) is 1.18. The van der Waals surface area contributed by atoms with E-state index < -0.39 is 0 Å². The summed E-state index contributed by atoms with van der Waals surface area (Å²) in [4.78, 5) is 0. The summed E-state index contributed by atoms with van der Waals surface area (Å²) in [5.74, 6) is 0.623. The van der Waals surface area contributed by atoms with Crippen LogP contribution in [0.25, 0.3) is 0 Å². The molecule has 1 saturated carbocycles. The van der Waals surface area contributed by atoms with Crippen LogP contribution in [0.2, 0.25) is 0 Å². The van der Waals surface area contributed by atoms with Crippen LogP contribution >= 0.6 is 0 Å². The third kappa shape index (κ3) is 2.27. The lowest BCUT2D eigenvalue weighted by Gasteiger charge is -2.31. The van der Waals surface area contributed by atoms with Crippen LogP contribution in [0.1, 0.15) is 26.7 Å². The van der Waals surface area contributed by atoms with Gasteiger partial charge in [-0.25, -0.2) is 0 Å². The summed E-state index contributed by atoms with van der Waals surface area (Å²) in [6.07, 6.45) is 2.16. The van der Waals surface area contributed by atoms with Crippen LogP contribution in [0.5, 0.6) is 0 Å². The summed E-state index contributed by atoms with van der Waals surface area (Å²) >= 11 is 0. The molecule has 1 N–H and O–H groups in total. The summed E-state index contributed by atoms with van der Waals surface area (Å²) in [5.41, 5.74) is 0. The van der Waals surface area contributed by atoms with E-state index in [9.17, 15) is 0 Å². The second kappa shape index (κ2) is 3.35. The maximum absolute atomic E-state index is 8.93. The Hall–Kier alpha value is -0.0800. The van der Waals surface area contributed by atoms with Gasteiger partial charge in [0, 0.05) is 6.61 Å². The third-order valence-corrected chi connectivity index (χ3v) is 1.88. The first-order valence-corrected chi connectivity index (χ1v) is 3.98. The van der Waals surface area contributed by atoms with Gasteiger partial charge in [-0.3, -0.25) is 0 Å². The van der Waals surface area contributed by atoms with E-state index in [0.29, 0.717) is 12.0 Å². The summed E-state index contributed by atoms with van der Waals surface area (Å²) in [5, 5.41) is 8.93. The van der Waals surface area contributed by atoms with Crippen molar-refractivity contribution in [2.45, 2.75) is 38.9 Å². The Kier molecular flexibility index (Phi) is 2.69. The molecule has 0 heterocycles. The maximum Gasteiger partial charge on any atom is 0.0547 e. The molecule has 0 spiro atoms. The minimum Gasteiger partial charge on any atom is -0.393 e. The molecule has 60 valence electrons. The first-order chi connectivity index (χ1) is 4.68. The van der Waals surface area contributed by atoms with Gasteiger partial charge in [-0.2, -0.15) is 0 Å². The lowest BCUT2D eigenvalue weighted by atomic mass is 9.83. The van der Waals surface area contributed by atoms with E-state index in [-0.39, 0.29) is 6.10 Å². The monoisotopic (exact) mass is 144 g/mol. The van der Waals surface area contributed by atoms with Gasteiger partial charge in [0.15, 0.2) is 0 Å². The van der Waals surface area contributed by atoms with Gasteiger partial charge in [-0.05, 0) is 32.6 Å². The molecule has 0 aliphatic heterocycles. The molecule has 1 aliphatic carbocycles. The van der Waals surface area contributed by atoms with Gasteiger partial charge in [0.2, 0.25) is 0 Å². The van der Waals surface area contributed by atoms with Crippen molar-refractivity contribution in [3.63, 3.8) is 0 Å². The molecule has 0 unspecified atom stereocenters. The molecule has 1 aliphatic rings. The molecule has 10 heavy (non-hydrogen) atoms. The summed E-state index contributed by atoms with van der Waals surface area (Å²) in [6, 6.07) is 0. The highest BCUT2D eigenvalue weighted by atomic mass is 16.5. The lowest BCUT2D eigenvalue weighted by molar-refractivity contribution is -0.0272. The van der Waals surface area contributed by atoms with Gasteiger partial charge in [0.1, 0.15) is 0 Å². The quantitative estimate of drug-likeness (QED) is 0.644. The van der Waals surface area contributed by atoms with Crippen LogP contribution in [0.3, 0.4) is 0 Å². The normalized spacial score (nSPS) is 32.4. The van der Waals surface area contributed by atoms with Crippen molar-refractivity contribution in [2.24, 2.45) is 5.92 Å². The number of ether oxygens (including phenoxy) is 1. The van der Waals surface area contributed by atoms with Crippen LogP contribution in [-0.2, 0) is 4.74 Å². The van der Waals surface area contributed by atoms with Crippen molar-refractivity contribution in [1.82, 2.24) is 0 Å². The molecule has 2 heteroatoms. The highest BCUT2D eigenvalue weighted by Crippen LogP contribution is 2.27. The van der Waals surface area contributed by atoms with Crippen LogP contribution in [0.15, 0.2) is 0 Å². The van der Waals surface area contributed by atoms with E-state index in [0.717, 1.165) is 19.4 Å². The fourth-order valence-electron chi connectivity index (χ4n) is 1.17. The zero-order chi connectivity index (χ0) is 7.56. The van der Waals surface area contributed by atoms with Gasteiger partial charge in [0.25, 0.3) is 0 Å². The number of aliphatic hydroxyl groups excluding tert-OH is 1. The molecule has 0 aromatic rings. The molecule has 0 saturated heterocycles. The van der Waals surface area contributed by atoms with Crippen LogP contribution in [0, 0.1) is 5.92 Å². The average Bonchev–Trinajstić information content (AvgIpc) is 1.77. The number of rotatable bonds is 3. The molecule has 0 amide bonds. The van der Waals surface area contributed by atoms with Crippen LogP contribution in [0.4, 0.5) is 0 Å². The highest BCUT2D eigenvalue weighted by Gasteiger charge is 2.27. The van der Waals surface area contributed by atoms with E-state index in [4.69, 9.17) is 9.84 Å². The maximum atomic E-state index is 8.93. The van der Waals surface area contributed by atoms with Gasteiger partial charge in [-0.15, -0.1) is 0 Å². The third-order valence-electron chi connectivity index (χ3n) is 1.88. The van der Waals surface area contributed by atoms with Crippen molar-refractivity contribution in [2.75, 3.05) is 6.61 Å². The van der Waals surface area contributed by atoms with E-state index in [2.05, 4.69) is 0 Å². The Morgan fingerprint density at radius 2 is 2.10 bits per heavy atom. The smallest absolute Gasteiger partial charge is 0.0547 e. The predicted molar refractivity (Wildman–Crippen MR) is 39.8 cm³/mol. The average molecular weight is 144 g/mol. The van der Waals surface area contributed by atoms with E-state index in [1.807, 2.05) is 13.8 Å². The van der Waals surface area contributed by atoms with E-state index >= 15 is 0 Å². The molecule has 0 aromatic carbocycles. The summed E-state index contributed by atoms with van der Waals surface area (Å²) in [7, 11) is 0. The first-order valence-electron chi connectivity index (χ1n) is 3.98.